The monoisotopic (exact) mass is 183 g/mol. The minimum Gasteiger partial charge on any atom is -0.290 e. The molecule has 1 nitrogen and oxygen atoms in total. The van der Waals surface area contributed by atoms with Crippen LogP contribution in [0.25, 0.3) is 0 Å². The Hall–Kier alpha value is -0.130. The van der Waals surface area contributed by atoms with Gasteiger partial charge in [-0.3, -0.25) is 4.90 Å². The molecule has 0 unspecified atom stereocenters. The summed E-state index contributed by atoms with van der Waals surface area (Å²) in [6.45, 7) is 4.12. The smallest absolute Gasteiger partial charge is 0.0601 e. The summed E-state index contributed by atoms with van der Waals surface area (Å²) < 4.78 is 0. The second-order valence-corrected chi connectivity index (χ2v) is 4.34. The maximum Gasteiger partial charge on any atom is 0.0601 e. The first-order chi connectivity index (χ1) is 5.88. The van der Waals surface area contributed by atoms with E-state index in [2.05, 4.69) is 29.5 Å². The Labute approximate surface area is 79.9 Å². The lowest BCUT2D eigenvalue weighted by molar-refractivity contribution is 0.219. The van der Waals surface area contributed by atoms with Crippen LogP contribution in [0.2, 0.25) is 0 Å². The minimum atomic E-state index is 0.757. The lowest BCUT2D eigenvalue weighted by Gasteiger charge is -2.31. The lowest BCUT2D eigenvalue weighted by Crippen LogP contribution is -2.37. The van der Waals surface area contributed by atoms with Crippen LogP contribution in [0.5, 0.6) is 0 Å². The molecule has 1 heterocycles. The van der Waals surface area contributed by atoms with Crippen LogP contribution in [0.4, 0.5) is 0 Å². The second kappa shape index (κ2) is 5.50. The molecule has 0 N–H and O–H groups in total. The van der Waals surface area contributed by atoms with Crippen molar-refractivity contribution in [2.24, 2.45) is 0 Å². The van der Waals surface area contributed by atoms with Crippen LogP contribution in [0.15, 0.2) is 0 Å². The van der Waals surface area contributed by atoms with Gasteiger partial charge < -0.3 is 0 Å². The van der Waals surface area contributed by atoms with Crippen molar-refractivity contribution in [3.8, 4) is 12.3 Å². The average Bonchev–Trinajstić information content (AvgIpc) is 2.15. The molecule has 0 aromatic carbocycles. The molecule has 0 aromatic heterocycles. The molecule has 68 valence electrons. The second-order valence-electron chi connectivity index (χ2n) is 3.11. The van der Waals surface area contributed by atoms with Gasteiger partial charge >= 0.3 is 0 Å². The van der Waals surface area contributed by atoms with Crippen LogP contribution < -0.4 is 0 Å². The van der Waals surface area contributed by atoms with E-state index in [1.54, 1.807) is 0 Å². The zero-order chi connectivity index (χ0) is 8.81. The van der Waals surface area contributed by atoms with Crippen molar-refractivity contribution in [2.45, 2.75) is 25.8 Å². The summed E-state index contributed by atoms with van der Waals surface area (Å²) in [5.74, 6) is 5.36. The van der Waals surface area contributed by atoms with Crippen LogP contribution in [0, 0.1) is 12.3 Å². The predicted octanol–water partition coefficient (Wildman–Crippen LogP) is 1.84. The van der Waals surface area contributed by atoms with Crippen LogP contribution in [0.1, 0.15) is 19.8 Å². The average molecular weight is 183 g/mol. The topological polar surface area (TPSA) is 3.24 Å². The largest absolute Gasteiger partial charge is 0.290 e. The fourth-order valence-corrected chi connectivity index (χ4v) is 2.75. The van der Waals surface area contributed by atoms with Gasteiger partial charge in [-0.15, -0.1) is 6.42 Å². The van der Waals surface area contributed by atoms with Gasteiger partial charge in [0.15, 0.2) is 0 Å². The summed E-state index contributed by atoms with van der Waals surface area (Å²) in [4.78, 5) is 2.42. The zero-order valence-electron chi connectivity index (χ0n) is 7.75. The zero-order valence-corrected chi connectivity index (χ0v) is 8.57. The van der Waals surface area contributed by atoms with Gasteiger partial charge in [-0.05, 0) is 30.9 Å². The molecule has 0 aromatic rings. The SMILES string of the molecule is C#CCN(CC)C1CCSCC1. The van der Waals surface area contributed by atoms with Crippen molar-refractivity contribution in [3.63, 3.8) is 0 Å². The molecule has 0 aliphatic carbocycles. The molecule has 1 aliphatic rings. The van der Waals surface area contributed by atoms with E-state index in [0.29, 0.717) is 0 Å². The third kappa shape index (κ3) is 2.73. The molecule has 0 amide bonds. The maximum absolute atomic E-state index is 5.31. The normalized spacial score (nSPS) is 19.4. The van der Waals surface area contributed by atoms with Gasteiger partial charge in [0.25, 0.3) is 0 Å². The molecular weight excluding hydrogens is 166 g/mol. The molecule has 0 radical (unpaired) electrons. The van der Waals surface area contributed by atoms with Gasteiger partial charge in [-0.2, -0.15) is 11.8 Å². The highest BCUT2D eigenvalue weighted by Gasteiger charge is 2.18. The number of nitrogens with zero attached hydrogens (tertiary/aromatic N) is 1. The summed E-state index contributed by atoms with van der Waals surface area (Å²) in [6, 6.07) is 0.757. The first-order valence-corrected chi connectivity index (χ1v) is 5.79. The number of hydrogen-bond donors (Lipinski definition) is 0. The highest BCUT2D eigenvalue weighted by Crippen LogP contribution is 2.21. The van der Waals surface area contributed by atoms with E-state index in [4.69, 9.17) is 6.42 Å². The minimum absolute atomic E-state index is 0.757. The van der Waals surface area contributed by atoms with Crippen molar-refractivity contribution in [1.29, 1.82) is 0 Å². The quantitative estimate of drug-likeness (QED) is 0.614. The fourth-order valence-electron chi connectivity index (χ4n) is 1.67. The fraction of sp³-hybridized carbons (Fsp3) is 0.800. The highest BCUT2D eigenvalue weighted by atomic mass is 32.2. The molecule has 2 heteroatoms. The van der Waals surface area contributed by atoms with E-state index >= 15 is 0 Å². The van der Waals surface area contributed by atoms with Gasteiger partial charge in [0.2, 0.25) is 0 Å². The van der Waals surface area contributed by atoms with Crippen molar-refractivity contribution in [3.05, 3.63) is 0 Å². The molecule has 1 rings (SSSR count). The van der Waals surface area contributed by atoms with Crippen molar-refractivity contribution in [2.75, 3.05) is 24.6 Å². The van der Waals surface area contributed by atoms with Crippen molar-refractivity contribution < 1.29 is 0 Å². The summed E-state index contributed by atoms with van der Waals surface area (Å²) in [7, 11) is 0. The lowest BCUT2D eigenvalue weighted by atomic mass is 10.1. The summed E-state index contributed by atoms with van der Waals surface area (Å²) in [6.07, 6.45) is 7.95. The Morgan fingerprint density at radius 1 is 1.50 bits per heavy atom. The van der Waals surface area contributed by atoms with Gasteiger partial charge in [-0.1, -0.05) is 12.8 Å². The molecular formula is C10H17NS. The maximum atomic E-state index is 5.31. The van der Waals surface area contributed by atoms with Crippen LogP contribution in [-0.4, -0.2) is 35.5 Å². The first-order valence-electron chi connectivity index (χ1n) is 4.63. The Bertz CT molecular complexity index is 156. The molecule has 12 heavy (non-hydrogen) atoms. The van der Waals surface area contributed by atoms with Gasteiger partial charge in [0, 0.05) is 6.04 Å². The van der Waals surface area contributed by atoms with E-state index in [1.165, 1.54) is 24.3 Å². The van der Waals surface area contributed by atoms with E-state index in [-0.39, 0.29) is 0 Å². The van der Waals surface area contributed by atoms with E-state index in [1.807, 2.05) is 0 Å². The van der Waals surface area contributed by atoms with Crippen molar-refractivity contribution >= 4 is 11.8 Å². The summed E-state index contributed by atoms with van der Waals surface area (Å²) >= 11 is 2.07. The summed E-state index contributed by atoms with van der Waals surface area (Å²) in [5.41, 5.74) is 0. The Balaban J connectivity index is 2.36. The van der Waals surface area contributed by atoms with Gasteiger partial charge in [0.05, 0.1) is 6.54 Å². The van der Waals surface area contributed by atoms with E-state index in [0.717, 1.165) is 19.1 Å². The van der Waals surface area contributed by atoms with Crippen LogP contribution in [0.3, 0.4) is 0 Å². The van der Waals surface area contributed by atoms with E-state index < -0.39 is 0 Å². The Morgan fingerprint density at radius 3 is 2.67 bits per heavy atom. The number of thioether (sulfide) groups is 1. The van der Waals surface area contributed by atoms with E-state index in [9.17, 15) is 0 Å². The summed E-state index contributed by atoms with van der Waals surface area (Å²) in [5, 5.41) is 0. The van der Waals surface area contributed by atoms with Crippen molar-refractivity contribution in [1.82, 2.24) is 4.90 Å². The molecule has 0 saturated carbocycles. The Morgan fingerprint density at radius 2 is 2.17 bits per heavy atom. The third-order valence-corrected chi connectivity index (χ3v) is 3.46. The molecule has 0 spiro atoms. The van der Waals surface area contributed by atoms with Crippen LogP contribution in [-0.2, 0) is 0 Å². The van der Waals surface area contributed by atoms with Crippen LogP contribution >= 0.6 is 11.8 Å². The number of rotatable bonds is 3. The highest BCUT2D eigenvalue weighted by molar-refractivity contribution is 7.99. The number of terminal acetylenes is 1. The first kappa shape index (κ1) is 9.95. The molecule has 1 fully saturated rings. The molecule has 1 saturated heterocycles. The third-order valence-electron chi connectivity index (χ3n) is 2.41. The van der Waals surface area contributed by atoms with Gasteiger partial charge in [0.1, 0.15) is 0 Å². The number of hydrogen-bond acceptors (Lipinski definition) is 2. The molecule has 1 aliphatic heterocycles. The molecule has 0 atom stereocenters. The standard InChI is InChI=1S/C10H17NS/c1-3-7-11(4-2)10-5-8-12-9-6-10/h1,10H,4-9H2,2H3. The van der Waals surface area contributed by atoms with Gasteiger partial charge in [-0.25, -0.2) is 0 Å². The Kier molecular flexibility index (Phi) is 4.57. The molecule has 0 bridgehead atoms. The predicted molar refractivity (Wildman–Crippen MR) is 56.4 cm³/mol.